The van der Waals surface area contributed by atoms with Crippen molar-refractivity contribution in [2.75, 3.05) is 0 Å². The summed E-state index contributed by atoms with van der Waals surface area (Å²) in [5.74, 6) is -0.927. The summed E-state index contributed by atoms with van der Waals surface area (Å²) < 4.78 is 0. The first kappa shape index (κ1) is 19.1. The highest BCUT2D eigenvalue weighted by atomic mass is 16.4. The summed E-state index contributed by atoms with van der Waals surface area (Å²) in [5, 5.41) is 18.7. The van der Waals surface area contributed by atoms with Crippen molar-refractivity contribution in [2.45, 2.75) is 45.3 Å². The molecule has 4 heteroatoms. The van der Waals surface area contributed by atoms with Crippen LogP contribution in [0.15, 0.2) is 54.1 Å². The summed E-state index contributed by atoms with van der Waals surface area (Å²) in [4.78, 5) is 10.9. The van der Waals surface area contributed by atoms with Crippen LogP contribution in [-0.2, 0) is 11.2 Å². The second-order valence-electron chi connectivity index (χ2n) is 6.25. The van der Waals surface area contributed by atoms with Crippen LogP contribution in [-0.4, -0.2) is 27.8 Å². The van der Waals surface area contributed by atoms with Crippen molar-refractivity contribution in [3.63, 3.8) is 0 Å². The summed E-state index contributed by atoms with van der Waals surface area (Å²) in [6.45, 7) is 5.29. The molecule has 0 saturated heterocycles. The van der Waals surface area contributed by atoms with Crippen LogP contribution in [0.1, 0.15) is 32.8 Å². The quantitative estimate of drug-likeness (QED) is 0.644. The Balaban J connectivity index is 2.55. The molecule has 0 aromatic heterocycles. The van der Waals surface area contributed by atoms with E-state index in [0.717, 1.165) is 18.4 Å². The van der Waals surface area contributed by atoms with Crippen LogP contribution in [0.2, 0.25) is 0 Å². The number of benzene rings is 1. The summed E-state index contributed by atoms with van der Waals surface area (Å²) >= 11 is 0. The number of aryl methyl sites for hydroxylation is 1. The van der Waals surface area contributed by atoms with E-state index in [1.807, 2.05) is 25.1 Å². The number of carboxylic acids is 1. The first-order valence-electron chi connectivity index (χ1n) is 7.85. The molecule has 23 heavy (non-hydrogen) atoms. The number of allylic oxidation sites excluding steroid dienone is 3. The molecule has 4 nitrogen and oxygen atoms in total. The van der Waals surface area contributed by atoms with Gasteiger partial charge in [0.25, 0.3) is 0 Å². The Morgan fingerprint density at radius 1 is 1.35 bits per heavy atom. The lowest BCUT2D eigenvalue weighted by Gasteiger charge is -2.22. The molecule has 0 spiro atoms. The van der Waals surface area contributed by atoms with Crippen molar-refractivity contribution in [3.05, 3.63) is 59.7 Å². The standard InChI is InChI=1S/C19H27NO3/c1-14(9-11-16-7-5-4-6-8-16)13-15(2)10-12-17(20)19(3,23)18(21)22/h4-8,10,12-14,17,23H,9,11,20H2,1-3H3,(H,21,22)/b12-10+,15-13+. The lowest BCUT2D eigenvalue weighted by molar-refractivity contribution is -0.157. The van der Waals surface area contributed by atoms with Gasteiger partial charge < -0.3 is 15.9 Å². The van der Waals surface area contributed by atoms with Gasteiger partial charge in [-0.2, -0.15) is 0 Å². The monoisotopic (exact) mass is 317 g/mol. The molecule has 126 valence electrons. The zero-order valence-corrected chi connectivity index (χ0v) is 14.1. The van der Waals surface area contributed by atoms with Gasteiger partial charge in [-0.15, -0.1) is 0 Å². The van der Waals surface area contributed by atoms with E-state index in [2.05, 4.69) is 25.1 Å². The zero-order chi connectivity index (χ0) is 17.5. The molecule has 3 unspecified atom stereocenters. The number of aliphatic hydroxyl groups is 1. The average Bonchev–Trinajstić information content (AvgIpc) is 2.51. The molecule has 4 N–H and O–H groups in total. The average molecular weight is 317 g/mol. The number of hydrogen-bond donors (Lipinski definition) is 3. The van der Waals surface area contributed by atoms with Crippen molar-refractivity contribution in [1.82, 2.24) is 0 Å². The van der Waals surface area contributed by atoms with Crippen LogP contribution < -0.4 is 5.73 Å². The highest BCUT2D eigenvalue weighted by Gasteiger charge is 2.35. The van der Waals surface area contributed by atoms with Crippen LogP contribution in [0.5, 0.6) is 0 Å². The maximum atomic E-state index is 10.9. The number of hydrogen-bond acceptors (Lipinski definition) is 3. The second-order valence-corrected chi connectivity index (χ2v) is 6.25. The van der Waals surface area contributed by atoms with E-state index in [9.17, 15) is 9.90 Å². The van der Waals surface area contributed by atoms with Gasteiger partial charge >= 0.3 is 5.97 Å². The molecule has 0 aliphatic rings. The summed E-state index contributed by atoms with van der Waals surface area (Å²) in [6, 6.07) is 9.38. The van der Waals surface area contributed by atoms with E-state index in [1.165, 1.54) is 18.6 Å². The predicted molar refractivity (Wildman–Crippen MR) is 93.1 cm³/mol. The van der Waals surface area contributed by atoms with E-state index < -0.39 is 17.6 Å². The second kappa shape index (κ2) is 8.65. The van der Waals surface area contributed by atoms with Crippen molar-refractivity contribution in [3.8, 4) is 0 Å². The molecule has 1 aromatic carbocycles. The van der Waals surface area contributed by atoms with Crippen molar-refractivity contribution >= 4 is 5.97 Å². The fourth-order valence-electron chi connectivity index (χ4n) is 2.21. The highest BCUT2D eigenvalue weighted by Crippen LogP contribution is 2.14. The SMILES string of the molecule is CC(/C=C/C(N)C(C)(O)C(=O)O)=C\C(C)CCc1ccccc1. The summed E-state index contributed by atoms with van der Waals surface area (Å²) in [7, 11) is 0. The third-order valence-electron chi connectivity index (χ3n) is 3.93. The largest absolute Gasteiger partial charge is 0.479 e. The van der Waals surface area contributed by atoms with Gasteiger partial charge in [0.05, 0.1) is 6.04 Å². The van der Waals surface area contributed by atoms with E-state index in [1.54, 1.807) is 6.08 Å². The van der Waals surface area contributed by atoms with Gasteiger partial charge in [-0.05, 0) is 38.2 Å². The maximum absolute atomic E-state index is 10.9. The van der Waals surface area contributed by atoms with Gasteiger partial charge in [0.1, 0.15) is 0 Å². The molecule has 0 radical (unpaired) electrons. The van der Waals surface area contributed by atoms with Crippen LogP contribution in [0, 0.1) is 5.92 Å². The number of carbonyl (C=O) groups is 1. The highest BCUT2D eigenvalue weighted by molar-refractivity contribution is 5.78. The smallest absolute Gasteiger partial charge is 0.337 e. The molecule has 0 fully saturated rings. The molecule has 0 bridgehead atoms. The number of nitrogens with two attached hydrogens (primary N) is 1. The van der Waals surface area contributed by atoms with Crippen LogP contribution in [0.4, 0.5) is 0 Å². The fraction of sp³-hybridized carbons (Fsp3) is 0.421. The molecule has 0 aliphatic heterocycles. The number of carboxylic acid groups (broad SMARTS) is 1. The first-order valence-corrected chi connectivity index (χ1v) is 7.85. The van der Waals surface area contributed by atoms with E-state index in [0.29, 0.717) is 5.92 Å². The molecule has 3 atom stereocenters. The normalized spacial score (nSPS) is 17.7. The molecular weight excluding hydrogens is 290 g/mol. The van der Waals surface area contributed by atoms with Gasteiger partial charge in [-0.25, -0.2) is 4.79 Å². The van der Waals surface area contributed by atoms with E-state index in [4.69, 9.17) is 10.8 Å². The van der Waals surface area contributed by atoms with Gasteiger partial charge in [0.2, 0.25) is 0 Å². The molecule has 1 rings (SSSR count). The molecular formula is C19H27NO3. The minimum atomic E-state index is -1.96. The number of rotatable bonds is 8. The van der Waals surface area contributed by atoms with Crippen molar-refractivity contribution in [1.29, 1.82) is 0 Å². The Hall–Kier alpha value is -1.91. The minimum absolute atomic E-state index is 0.399. The van der Waals surface area contributed by atoms with Gasteiger partial charge in [-0.1, -0.05) is 61.1 Å². The van der Waals surface area contributed by atoms with Crippen LogP contribution in [0.25, 0.3) is 0 Å². The topological polar surface area (TPSA) is 83.5 Å². The molecule has 0 saturated carbocycles. The molecule has 0 aliphatic carbocycles. The van der Waals surface area contributed by atoms with Gasteiger partial charge in [0, 0.05) is 0 Å². The van der Waals surface area contributed by atoms with Crippen molar-refractivity contribution in [2.24, 2.45) is 11.7 Å². The third-order valence-corrected chi connectivity index (χ3v) is 3.93. The Bertz CT molecular complexity index is 561. The van der Waals surface area contributed by atoms with Gasteiger partial charge in [-0.3, -0.25) is 0 Å². The Morgan fingerprint density at radius 2 is 1.96 bits per heavy atom. The lowest BCUT2D eigenvalue weighted by atomic mass is 9.95. The summed E-state index contributed by atoms with van der Waals surface area (Å²) in [6.07, 6.45) is 7.48. The molecule has 0 heterocycles. The third kappa shape index (κ3) is 6.38. The Morgan fingerprint density at radius 3 is 2.52 bits per heavy atom. The summed E-state index contributed by atoms with van der Waals surface area (Å²) in [5.41, 5.74) is 6.08. The minimum Gasteiger partial charge on any atom is -0.479 e. The van der Waals surface area contributed by atoms with Crippen LogP contribution in [0.3, 0.4) is 0 Å². The fourth-order valence-corrected chi connectivity index (χ4v) is 2.21. The van der Waals surface area contributed by atoms with E-state index >= 15 is 0 Å². The van der Waals surface area contributed by atoms with Crippen LogP contribution >= 0.6 is 0 Å². The van der Waals surface area contributed by atoms with Gasteiger partial charge in [0.15, 0.2) is 5.60 Å². The number of aliphatic carboxylic acids is 1. The lowest BCUT2D eigenvalue weighted by Crippen LogP contribution is -2.50. The first-order chi connectivity index (χ1) is 10.7. The molecule has 1 aromatic rings. The van der Waals surface area contributed by atoms with Crippen molar-refractivity contribution < 1.29 is 15.0 Å². The zero-order valence-electron chi connectivity index (χ0n) is 14.1. The Kier molecular flexibility index (Phi) is 7.20. The molecule has 0 amide bonds. The predicted octanol–water partition coefficient (Wildman–Crippen LogP) is 2.92. The Labute approximate surface area is 138 Å². The maximum Gasteiger partial charge on any atom is 0.337 e. The van der Waals surface area contributed by atoms with E-state index in [-0.39, 0.29) is 0 Å².